The molecule has 0 bridgehead atoms. The first-order chi connectivity index (χ1) is 12.2. The van der Waals surface area contributed by atoms with Crippen LogP contribution in [0.3, 0.4) is 0 Å². The third kappa shape index (κ3) is 4.70. The zero-order valence-electron chi connectivity index (χ0n) is 14.6. The molecule has 0 aliphatic carbocycles. The lowest BCUT2D eigenvalue weighted by Crippen LogP contribution is -2.33. The van der Waals surface area contributed by atoms with Crippen molar-refractivity contribution in [3.63, 3.8) is 0 Å². The highest BCUT2D eigenvalue weighted by Crippen LogP contribution is 2.19. The van der Waals surface area contributed by atoms with Crippen LogP contribution in [0.5, 0.6) is 0 Å². The van der Waals surface area contributed by atoms with Crippen LogP contribution in [-0.4, -0.2) is 44.3 Å². The Bertz CT molecular complexity index is 857. The van der Waals surface area contributed by atoms with Gasteiger partial charge in [-0.15, -0.1) is 0 Å². The van der Waals surface area contributed by atoms with Crippen LogP contribution in [0.25, 0.3) is 0 Å². The van der Waals surface area contributed by atoms with E-state index in [-0.39, 0.29) is 16.7 Å². The fourth-order valence-corrected chi connectivity index (χ4v) is 3.32. The lowest BCUT2D eigenvalue weighted by atomic mass is 10.3. The molecule has 0 fully saturated rings. The Morgan fingerprint density at radius 3 is 2.38 bits per heavy atom. The Kier molecular flexibility index (Phi) is 6.17. The van der Waals surface area contributed by atoms with Crippen LogP contribution in [0.4, 0.5) is 5.69 Å². The van der Waals surface area contributed by atoms with E-state index in [1.54, 1.807) is 13.8 Å². The summed E-state index contributed by atoms with van der Waals surface area (Å²) in [5, 5.41) is 2.52. The maximum atomic E-state index is 12.4. The number of benzene rings is 1. The minimum absolute atomic E-state index is 0.00151. The molecular weight excluding hydrogens is 360 g/mol. The molecule has 0 unspecified atom stereocenters. The van der Waals surface area contributed by atoms with E-state index in [0.717, 1.165) is 0 Å². The van der Waals surface area contributed by atoms with Gasteiger partial charge in [-0.3, -0.25) is 4.79 Å². The second-order valence-electron chi connectivity index (χ2n) is 5.74. The molecule has 140 valence electrons. The maximum Gasteiger partial charge on any atom is 0.374 e. The molecule has 1 aromatic carbocycles. The van der Waals surface area contributed by atoms with E-state index in [0.29, 0.717) is 5.69 Å². The molecule has 1 N–H and O–H groups in total. The van der Waals surface area contributed by atoms with Crippen molar-refractivity contribution in [2.45, 2.75) is 24.8 Å². The Morgan fingerprint density at radius 1 is 1.19 bits per heavy atom. The number of esters is 1. The molecule has 1 aromatic heterocycles. The van der Waals surface area contributed by atoms with Gasteiger partial charge < -0.3 is 14.5 Å². The number of nitrogens with one attached hydrogen (secondary N) is 1. The van der Waals surface area contributed by atoms with Crippen LogP contribution >= 0.6 is 0 Å². The summed E-state index contributed by atoms with van der Waals surface area (Å²) < 4.78 is 35.7. The first-order valence-electron chi connectivity index (χ1n) is 7.80. The predicted molar refractivity (Wildman–Crippen MR) is 94.1 cm³/mol. The molecule has 0 aliphatic rings. The number of rotatable bonds is 7. The molecule has 0 saturated carbocycles. The Balaban J connectivity index is 1.94. The van der Waals surface area contributed by atoms with Crippen molar-refractivity contribution < 1.29 is 27.2 Å². The summed E-state index contributed by atoms with van der Waals surface area (Å²) in [5.41, 5.74) is 0.384. The van der Waals surface area contributed by atoms with Crippen molar-refractivity contribution in [3.8, 4) is 0 Å². The number of hydrogen-bond donors (Lipinski definition) is 1. The normalized spacial score (nSPS) is 11.6. The molecule has 26 heavy (non-hydrogen) atoms. The van der Waals surface area contributed by atoms with Gasteiger partial charge >= 0.3 is 5.97 Å². The van der Waals surface area contributed by atoms with Gasteiger partial charge in [-0.1, -0.05) is 0 Å². The van der Waals surface area contributed by atoms with Crippen LogP contribution in [0, 0.1) is 0 Å². The van der Waals surface area contributed by atoms with Gasteiger partial charge in [0, 0.05) is 18.8 Å². The van der Waals surface area contributed by atoms with Gasteiger partial charge in [0.2, 0.25) is 15.8 Å². The number of furan rings is 1. The highest BCUT2D eigenvalue weighted by molar-refractivity contribution is 7.89. The average molecular weight is 380 g/mol. The number of carbonyl (C=O) groups is 2. The first kappa shape index (κ1) is 19.7. The highest BCUT2D eigenvalue weighted by atomic mass is 32.2. The minimum atomic E-state index is -3.59. The number of hydrogen-bond acceptors (Lipinski definition) is 6. The van der Waals surface area contributed by atoms with E-state index < -0.39 is 28.5 Å². The number of sulfonamides is 1. The SMILES string of the molecule is CC(C)N(C)S(=O)(=O)c1ccc(NC(=O)COC(=O)c2ccco2)cc1. The van der Waals surface area contributed by atoms with Crippen molar-refractivity contribution >= 4 is 27.6 Å². The van der Waals surface area contributed by atoms with Crippen LogP contribution in [0.2, 0.25) is 0 Å². The summed E-state index contributed by atoms with van der Waals surface area (Å²) in [6.45, 7) is 3.06. The minimum Gasteiger partial charge on any atom is -0.457 e. The molecule has 8 nitrogen and oxygen atoms in total. The van der Waals surface area contributed by atoms with Crippen molar-refractivity contribution in [1.82, 2.24) is 4.31 Å². The van der Waals surface area contributed by atoms with E-state index in [1.165, 1.54) is 54.0 Å². The molecule has 0 radical (unpaired) electrons. The van der Waals surface area contributed by atoms with Gasteiger partial charge in [0.05, 0.1) is 11.2 Å². The fraction of sp³-hybridized carbons (Fsp3) is 0.294. The lowest BCUT2D eigenvalue weighted by molar-refractivity contribution is -0.119. The summed E-state index contributed by atoms with van der Waals surface area (Å²) in [6, 6.07) is 8.51. The molecule has 0 spiro atoms. The zero-order chi connectivity index (χ0) is 19.3. The van der Waals surface area contributed by atoms with E-state index >= 15 is 0 Å². The van der Waals surface area contributed by atoms with Gasteiger partial charge in [0.1, 0.15) is 0 Å². The number of carbonyl (C=O) groups excluding carboxylic acids is 2. The first-order valence-corrected chi connectivity index (χ1v) is 9.24. The number of anilines is 1. The van der Waals surface area contributed by atoms with Crippen LogP contribution in [0.15, 0.2) is 52.0 Å². The molecule has 0 saturated heterocycles. The number of nitrogens with zero attached hydrogens (tertiary/aromatic N) is 1. The van der Waals surface area contributed by atoms with Crippen molar-refractivity contribution in [1.29, 1.82) is 0 Å². The van der Waals surface area contributed by atoms with Gasteiger partial charge in [-0.2, -0.15) is 4.31 Å². The van der Waals surface area contributed by atoms with E-state index in [1.807, 2.05) is 0 Å². The van der Waals surface area contributed by atoms with Gasteiger partial charge in [-0.05, 0) is 50.2 Å². The van der Waals surface area contributed by atoms with Gasteiger partial charge in [0.15, 0.2) is 6.61 Å². The van der Waals surface area contributed by atoms with Gasteiger partial charge in [-0.25, -0.2) is 13.2 Å². The van der Waals surface area contributed by atoms with E-state index in [2.05, 4.69) is 5.32 Å². The molecule has 2 aromatic rings. The monoisotopic (exact) mass is 380 g/mol. The molecule has 1 amide bonds. The van der Waals surface area contributed by atoms with E-state index in [9.17, 15) is 18.0 Å². The molecule has 1 heterocycles. The number of ether oxygens (including phenoxy) is 1. The highest BCUT2D eigenvalue weighted by Gasteiger charge is 2.22. The summed E-state index contributed by atoms with van der Waals surface area (Å²) in [6.07, 6.45) is 1.32. The summed E-state index contributed by atoms with van der Waals surface area (Å²) >= 11 is 0. The van der Waals surface area contributed by atoms with Crippen molar-refractivity contribution in [3.05, 3.63) is 48.4 Å². The molecule has 2 rings (SSSR count). The van der Waals surface area contributed by atoms with Crippen LogP contribution in [0.1, 0.15) is 24.4 Å². The lowest BCUT2D eigenvalue weighted by Gasteiger charge is -2.21. The third-order valence-electron chi connectivity index (χ3n) is 3.60. The Hall–Kier alpha value is -2.65. The molecule has 0 atom stereocenters. The van der Waals surface area contributed by atoms with E-state index in [4.69, 9.17) is 9.15 Å². The molecule has 9 heteroatoms. The smallest absolute Gasteiger partial charge is 0.374 e. The van der Waals surface area contributed by atoms with Crippen molar-refractivity contribution in [2.24, 2.45) is 0 Å². The zero-order valence-corrected chi connectivity index (χ0v) is 15.4. The second-order valence-corrected chi connectivity index (χ2v) is 7.74. The van der Waals surface area contributed by atoms with Gasteiger partial charge in [0.25, 0.3) is 5.91 Å². The maximum absolute atomic E-state index is 12.4. The third-order valence-corrected chi connectivity index (χ3v) is 5.65. The number of amides is 1. The molecule has 0 aliphatic heterocycles. The average Bonchev–Trinajstić information content (AvgIpc) is 3.14. The summed E-state index contributed by atoms with van der Waals surface area (Å²) in [4.78, 5) is 23.5. The standard InChI is InChI=1S/C17H20N2O6S/c1-12(2)19(3)26(22,23)14-8-6-13(7-9-14)18-16(20)11-25-17(21)15-5-4-10-24-15/h4-10,12H,11H2,1-3H3,(H,18,20). The van der Waals surface area contributed by atoms with Crippen LogP contribution < -0.4 is 5.32 Å². The Morgan fingerprint density at radius 2 is 1.85 bits per heavy atom. The quantitative estimate of drug-likeness (QED) is 0.738. The second kappa shape index (κ2) is 8.15. The summed E-state index contributed by atoms with van der Waals surface area (Å²) in [5.74, 6) is -1.30. The largest absolute Gasteiger partial charge is 0.457 e. The summed E-state index contributed by atoms with van der Waals surface area (Å²) in [7, 11) is -2.09. The Labute approximate surface area is 151 Å². The topological polar surface area (TPSA) is 106 Å². The predicted octanol–water partition coefficient (Wildman–Crippen LogP) is 2.10. The molecular formula is C17H20N2O6S. The fourth-order valence-electron chi connectivity index (χ4n) is 1.95. The van der Waals surface area contributed by atoms with Crippen molar-refractivity contribution in [2.75, 3.05) is 19.0 Å². The van der Waals surface area contributed by atoms with Crippen LogP contribution in [-0.2, 0) is 19.6 Å².